The molecule has 14 nitrogen and oxygen atoms in total. The molecule has 0 bridgehead atoms. The number of nitrogens with zero attached hydrogens (tertiary/aromatic N) is 9. The van der Waals surface area contributed by atoms with Crippen LogP contribution in [0.3, 0.4) is 0 Å². The van der Waals surface area contributed by atoms with Gasteiger partial charge in [0.25, 0.3) is 11.1 Å². The third kappa shape index (κ3) is 7.59. The molecule has 2 unspecified atom stereocenters. The van der Waals surface area contributed by atoms with E-state index in [1.165, 1.54) is 0 Å². The maximum Gasteiger partial charge on any atom is 0.271 e. The molecule has 7 aromatic rings. The Morgan fingerprint density at radius 2 is 1.13 bits per heavy atom. The molecule has 14 heteroatoms. The molecule has 4 aromatic heterocycles. The summed E-state index contributed by atoms with van der Waals surface area (Å²) in [5.41, 5.74) is 9.73. The first-order valence-electron chi connectivity index (χ1n) is 23.1. The highest BCUT2D eigenvalue weighted by molar-refractivity contribution is 6.11. The Morgan fingerprint density at radius 3 is 1.63 bits per heavy atom. The lowest BCUT2D eigenvalue weighted by Gasteiger charge is -2.24. The van der Waals surface area contributed by atoms with Gasteiger partial charge in [-0.3, -0.25) is 19.2 Å². The number of benzene rings is 3. The van der Waals surface area contributed by atoms with Gasteiger partial charge in [0.1, 0.15) is 17.2 Å². The average Bonchev–Trinajstić information content (AvgIpc) is 3.95. The van der Waals surface area contributed by atoms with Crippen LogP contribution in [0.5, 0.6) is 0 Å². The summed E-state index contributed by atoms with van der Waals surface area (Å²) in [4.78, 5) is 69.5. The maximum absolute atomic E-state index is 13.3. The van der Waals surface area contributed by atoms with Crippen molar-refractivity contribution in [3.05, 3.63) is 122 Å². The number of pyridine rings is 1. The van der Waals surface area contributed by atoms with Crippen LogP contribution in [0.2, 0.25) is 0 Å². The Morgan fingerprint density at radius 1 is 0.627 bits per heavy atom. The van der Waals surface area contributed by atoms with Crippen molar-refractivity contribution in [1.82, 2.24) is 33.2 Å². The minimum absolute atomic E-state index is 0.00760. The molecular weight excluding hydrogens is 843 g/mol. The number of amides is 2. The van der Waals surface area contributed by atoms with Crippen molar-refractivity contribution in [1.29, 1.82) is 0 Å². The Kier molecular flexibility index (Phi) is 11.8. The zero-order valence-corrected chi connectivity index (χ0v) is 41.5. The van der Waals surface area contributed by atoms with Crippen molar-refractivity contribution >= 4 is 45.3 Å². The first-order valence-corrected chi connectivity index (χ1v) is 23.1. The van der Waals surface area contributed by atoms with Gasteiger partial charge in [-0.1, -0.05) is 30.3 Å². The average molecular weight is 906 g/mol. The number of rotatable bonds is 9. The number of anilines is 2. The number of imidazole rings is 2. The van der Waals surface area contributed by atoms with Gasteiger partial charge in [0.2, 0.25) is 11.8 Å². The number of aryl methyl sites for hydroxylation is 4. The molecule has 0 radical (unpaired) electrons. The quantitative estimate of drug-likeness (QED) is 0.140. The third-order valence-corrected chi connectivity index (χ3v) is 13.6. The van der Waals surface area contributed by atoms with E-state index >= 15 is 0 Å². The van der Waals surface area contributed by atoms with E-state index in [2.05, 4.69) is 64.4 Å². The molecule has 2 aliphatic rings. The summed E-state index contributed by atoms with van der Waals surface area (Å²) in [6, 6.07) is 20.5. The molecule has 0 N–H and O–H groups in total. The van der Waals surface area contributed by atoms with Gasteiger partial charge in [-0.15, -0.1) is 0 Å². The van der Waals surface area contributed by atoms with E-state index in [4.69, 9.17) is 14.7 Å². The summed E-state index contributed by atoms with van der Waals surface area (Å²) < 4.78 is 12.9. The fraction of sp³-hybridized carbons (Fsp3) is 0.415. The summed E-state index contributed by atoms with van der Waals surface area (Å²) in [6.45, 7) is 24.3. The zero-order valence-electron chi connectivity index (χ0n) is 41.5. The molecule has 0 saturated carbocycles. The van der Waals surface area contributed by atoms with Gasteiger partial charge < -0.3 is 32.8 Å². The predicted octanol–water partition coefficient (Wildman–Crippen LogP) is 8.70. The van der Waals surface area contributed by atoms with Crippen molar-refractivity contribution in [3.63, 3.8) is 0 Å². The monoisotopic (exact) mass is 905 g/mol. The summed E-state index contributed by atoms with van der Waals surface area (Å²) >= 11 is 0. The van der Waals surface area contributed by atoms with E-state index < -0.39 is 10.8 Å². The van der Waals surface area contributed by atoms with Crippen LogP contribution in [0, 0.1) is 13.8 Å². The zero-order chi connectivity index (χ0) is 48.8. The van der Waals surface area contributed by atoms with Gasteiger partial charge in [0.15, 0.2) is 5.82 Å². The number of hydrogen-bond donors (Lipinski definition) is 0. The molecule has 2 atom stereocenters. The van der Waals surface area contributed by atoms with Crippen molar-refractivity contribution in [2.24, 2.45) is 14.1 Å². The molecule has 0 fully saturated rings. The highest BCUT2D eigenvalue weighted by Gasteiger charge is 2.47. The van der Waals surface area contributed by atoms with E-state index in [1.54, 1.807) is 43.5 Å². The normalized spacial score (nSPS) is 16.0. The van der Waals surface area contributed by atoms with E-state index in [-0.39, 0.29) is 47.1 Å². The fourth-order valence-electron chi connectivity index (χ4n) is 10.0. The first-order chi connectivity index (χ1) is 31.5. The topological polar surface area (TPSA) is 142 Å². The van der Waals surface area contributed by atoms with Crippen LogP contribution >= 0.6 is 0 Å². The minimum Gasteiger partial charge on any atom is -0.383 e. The lowest BCUT2D eigenvalue weighted by Crippen LogP contribution is -2.40. The molecule has 2 aliphatic heterocycles. The molecule has 67 heavy (non-hydrogen) atoms. The van der Waals surface area contributed by atoms with Crippen molar-refractivity contribution in [2.45, 2.75) is 118 Å². The minimum atomic E-state index is -0.631. The van der Waals surface area contributed by atoms with E-state index in [0.717, 1.165) is 61.5 Å². The Hall–Kier alpha value is -6.67. The second kappa shape index (κ2) is 16.9. The third-order valence-electron chi connectivity index (χ3n) is 13.6. The van der Waals surface area contributed by atoms with Gasteiger partial charge in [0, 0.05) is 56.8 Å². The Bertz CT molecular complexity index is 3190. The predicted molar refractivity (Wildman–Crippen MR) is 266 cm³/mol. The van der Waals surface area contributed by atoms with Crippen LogP contribution in [0.1, 0.15) is 109 Å². The van der Waals surface area contributed by atoms with Crippen LogP contribution in [-0.4, -0.2) is 70.8 Å². The number of ether oxygens (including phenoxy) is 1. The number of hydrogen-bond acceptors (Lipinski definition) is 8. The van der Waals surface area contributed by atoms with Gasteiger partial charge in [-0.25, -0.2) is 15.0 Å². The number of fused-ring (bicyclic) bond motifs is 4. The van der Waals surface area contributed by atoms with Gasteiger partial charge in [0.05, 0.1) is 63.0 Å². The highest BCUT2D eigenvalue weighted by Crippen LogP contribution is 2.47. The lowest BCUT2D eigenvalue weighted by molar-refractivity contribution is -0.123. The van der Waals surface area contributed by atoms with Crippen LogP contribution in [0.25, 0.3) is 45.0 Å². The molecular formula is C53H63N9O5. The van der Waals surface area contributed by atoms with Crippen LogP contribution in [0.4, 0.5) is 11.4 Å². The van der Waals surface area contributed by atoms with E-state index in [1.807, 2.05) is 103 Å². The van der Waals surface area contributed by atoms with E-state index in [9.17, 15) is 19.2 Å². The highest BCUT2D eigenvalue weighted by atomic mass is 16.5. The van der Waals surface area contributed by atoms with E-state index in [0.29, 0.717) is 29.4 Å². The molecule has 0 aliphatic carbocycles. The van der Waals surface area contributed by atoms with Gasteiger partial charge in [-0.05, 0) is 130 Å². The number of carbonyl (C=O) groups excluding carboxylic acids is 2. The number of methoxy groups -OCH3 is 1. The number of carbonyl (C=O) groups is 2. The fourth-order valence-corrected chi connectivity index (χ4v) is 10.0. The Balaban J connectivity index is 0.000000182. The number of aromatic nitrogens is 7. The summed E-state index contributed by atoms with van der Waals surface area (Å²) in [7, 11) is 5.18. The summed E-state index contributed by atoms with van der Waals surface area (Å²) in [5, 5.41) is 0. The van der Waals surface area contributed by atoms with Gasteiger partial charge >= 0.3 is 0 Å². The van der Waals surface area contributed by atoms with Crippen molar-refractivity contribution in [2.75, 3.05) is 23.5 Å². The second-order valence-electron chi connectivity index (χ2n) is 20.0. The molecule has 6 heterocycles. The molecule has 2 amide bonds. The summed E-state index contributed by atoms with van der Waals surface area (Å²) in [6.07, 6.45) is 3.57. The molecule has 0 saturated heterocycles. The SMILES string of the molecule is COCC(C)n1c(-c2cc(C)c(=O)n(C)c2)nc2cc3c(cc21)N(C(C)C)C(=O)C3(C)C.Cc1nc(-c2nc3cc4c(cc3n2C(C)c2ccccc2)N(C(C)C)C(=O)C4(C)C)cn(C)c1=O. The standard InChI is InChI=1S/C28H31N5O2.C25H32N4O3/c1-16(2)32-23-14-24-21(13-20(23)28(5,6)27(32)35)30-25(22-15-31(7)26(34)17(3)29-22)33(24)18(4)19-11-9-8-10-12-19;1-14(2)28-20-11-21-19(10-18(20)25(5,6)24(28)31)26-22(29(21)16(4)13-32-8)17-9-15(3)23(30)27(7)12-17/h8-16,18H,1-7H3;9-12,14,16H,13H2,1-8H3. The largest absolute Gasteiger partial charge is 0.383 e. The van der Waals surface area contributed by atoms with Crippen molar-refractivity contribution in [3.8, 4) is 22.9 Å². The van der Waals surface area contributed by atoms with Crippen molar-refractivity contribution < 1.29 is 14.3 Å². The summed E-state index contributed by atoms with van der Waals surface area (Å²) in [5.74, 6) is 1.69. The lowest BCUT2D eigenvalue weighted by atomic mass is 9.86. The smallest absolute Gasteiger partial charge is 0.271 e. The molecule has 0 spiro atoms. The molecule has 9 rings (SSSR count). The maximum atomic E-state index is 13.3. The first kappa shape index (κ1) is 46.8. The van der Waals surface area contributed by atoms with Crippen LogP contribution in [0.15, 0.2) is 82.6 Å². The van der Waals surface area contributed by atoms with Gasteiger partial charge in [-0.2, -0.15) is 0 Å². The van der Waals surface area contributed by atoms with Crippen LogP contribution < -0.4 is 20.9 Å². The molecule has 350 valence electrons. The van der Waals surface area contributed by atoms with Crippen LogP contribution in [-0.2, 0) is 39.3 Å². The molecule has 3 aromatic carbocycles. The Labute approximate surface area is 391 Å². The second-order valence-corrected chi connectivity index (χ2v) is 20.0.